The van der Waals surface area contributed by atoms with Crippen LogP contribution >= 0.6 is 23.2 Å². The predicted molar refractivity (Wildman–Crippen MR) is 310 cm³/mol. The minimum atomic E-state index is -1.92. The van der Waals surface area contributed by atoms with E-state index < -0.39 is 29.8 Å². The van der Waals surface area contributed by atoms with Gasteiger partial charge in [0.2, 0.25) is 0 Å². The summed E-state index contributed by atoms with van der Waals surface area (Å²) in [5, 5.41) is 26.0. The molecule has 4 atom stereocenters. The summed E-state index contributed by atoms with van der Waals surface area (Å²) in [6.07, 6.45) is 4.82. The average Bonchev–Trinajstić information content (AvgIpc) is 3.43. The number of nitrogens with two attached hydrogens (primary N) is 4. The standard InChI is InChI=1S/C56H84Cl2N12O10/c1-7-12-39(21-26-43(71)45-51(59)67-53(61)49(57)65-45)69(3,4)28-9-14-37-17-24-42(25-18-37)80-35-33-78-31-27-63-56(76)48(74)47(73)44(72)16-11-30-77-32-34-79-41-22-19-38(20-23-41)15-10-29-70(5,6)40(13-8-2)36-64-55(75)46-52(60)68-54(62)50(58)66-46/h17-20,22-25,39-40,47-48,73-74H,7-16,21,26-36H2,1-6H3,(H8-2,59,60,61,62,63,64,67,68,71,75,76)/p+2/t39-,40-,47?,48?/m0/s1. The number of rotatable bonds is 39. The molecule has 0 spiro atoms. The zero-order valence-corrected chi connectivity index (χ0v) is 48.9. The Morgan fingerprint density at radius 2 is 1.06 bits per heavy atom. The molecule has 24 heteroatoms. The molecular formula is C56H86Cl2N12O10+2. The van der Waals surface area contributed by atoms with Crippen LogP contribution in [0.15, 0.2) is 48.5 Å². The summed E-state index contributed by atoms with van der Waals surface area (Å²) in [6.45, 7) is 8.01. The van der Waals surface area contributed by atoms with Crippen LogP contribution in [0.4, 0.5) is 23.3 Å². The summed E-state index contributed by atoms with van der Waals surface area (Å²) >= 11 is 12.0. The normalized spacial score (nSPS) is 13.3. The van der Waals surface area contributed by atoms with Gasteiger partial charge in [0, 0.05) is 51.7 Å². The number of hydrogen-bond acceptors (Lipinski definition) is 18. The van der Waals surface area contributed by atoms with Gasteiger partial charge in [-0.15, -0.1) is 0 Å². The van der Waals surface area contributed by atoms with Crippen LogP contribution in [0.1, 0.15) is 110 Å². The summed E-state index contributed by atoms with van der Waals surface area (Å²) in [4.78, 5) is 66.7. The van der Waals surface area contributed by atoms with Gasteiger partial charge in [-0.05, 0) is 61.1 Å². The molecule has 22 nitrogen and oxygen atoms in total. The SMILES string of the molecule is CCC[C@@H](CCC(=O)c1nc(Cl)c(N)nc1N)[N+](C)(C)CCCc1ccc(OCCOCCNC(=O)C(O)C(O)C(=O)CCCOCCOc2ccc(CCC[N+](C)(C)[C@@H](CCC)CNC(=O)c3nc(Cl)c(N)nc3N)cc2)cc1. The Bertz CT molecular complexity index is 2410. The Labute approximate surface area is 480 Å². The van der Waals surface area contributed by atoms with Gasteiger partial charge < -0.3 is 71.7 Å². The third kappa shape index (κ3) is 22.2. The first-order valence-corrected chi connectivity index (χ1v) is 28.2. The van der Waals surface area contributed by atoms with Crippen molar-refractivity contribution in [1.82, 2.24) is 30.6 Å². The molecule has 2 amide bonds. The number of Topliss-reactive ketones (excluding diaryl/α,β-unsaturated/α-hetero) is 2. The van der Waals surface area contributed by atoms with Gasteiger partial charge in [-0.25, -0.2) is 19.9 Å². The molecule has 80 heavy (non-hydrogen) atoms. The number of carbonyl (C=O) groups excluding carboxylic acids is 4. The van der Waals surface area contributed by atoms with Crippen molar-refractivity contribution < 1.29 is 57.3 Å². The average molecular weight is 1160 g/mol. The largest absolute Gasteiger partial charge is 0.491 e. The Kier molecular flexibility index (Phi) is 28.0. The number of benzene rings is 2. The summed E-state index contributed by atoms with van der Waals surface area (Å²) in [7, 11) is 8.72. The number of likely N-dealkylation sites (N-methyl/N-ethyl adjacent to an activating group) is 1. The number of halogens is 2. The van der Waals surface area contributed by atoms with Crippen molar-refractivity contribution in [1.29, 1.82) is 0 Å². The van der Waals surface area contributed by atoms with Gasteiger partial charge in [-0.3, -0.25) is 19.2 Å². The van der Waals surface area contributed by atoms with Crippen LogP contribution in [0.25, 0.3) is 0 Å². The van der Waals surface area contributed by atoms with Gasteiger partial charge in [0.25, 0.3) is 11.8 Å². The van der Waals surface area contributed by atoms with E-state index in [4.69, 9.17) is 65.1 Å². The Morgan fingerprint density at radius 1 is 0.575 bits per heavy atom. The van der Waals surface area contributed by atoms with Crippen LogP contribution in [-0.2, 0) is 31.9 Å². The van der Waals surface area contributed by atoms with E-state index in [-0.39, 0.29) is 122 Å². The van der Waals surface area contributed by atoms with Crippen molar-refractivity contribution in [2.75, 3.05) is 117 Å². The fraction of sp³-hybridized carbons (Fsp3) is 0.571. The quantitative estimate of drug-likeness (QED) is 0.0165. The van der Waals surface area contributed by atoms with Crippen LogP contribution < -0.4 is 43.0 Å². The van der Waals surface area contributed by atoms with Crippen molar-refractivity contribution in [3.63, 3.8) is 0 Å². The van der Waals surface area contributed by atoms with E-state index in [9.17, 15) is 29.4 Å². The third-order valence-corrected chi connectivity index (χ3v) is 14.7. The molecular weight excluding hydrogens is 1070 g/mol. The van der Waals surface area contributed by atoms with Crippen LogP contribution in [-0.4, -0.2) is 181 Å². The van der Waals surface area contributed by atoms with E-state index in [1.54, 1.807) is 0 Å². The number of carbonyl (C=O) groups is 4. The highest BCUT2D eigenvalue weighted by Gasteiger charge is 2.32. The number of aromatic nitrogens is 4. The maximum absolute atomic E-state index is 13.0. The Morgan fingerprint density at radius 3 is 1.60 bits per heavy atom. The minimum absolute atomic E-state index is 0.00383. The highest BCUT2D eigenvalue weighted by molar-refractivity contribution is 6.32. The molecule has 0 aliphatic heterocycles. The van der Waals surface area contributed by atoms with Gasteiger partial charge in [-0.2, -0.15) is 0 Å². The maximum Gasteiger partial charge on any atom is 0.274 e. The lowest BCUT2D eigenvalue weighted by Crippen LogP contribution is -2.54. The second kappa shape index (κ2) is 33.7. The molecule has 2 aromatic heterocycles. The number of amides is 2. The molecule has 0 aliphatic rings. The summed E-state index contributed by atoms with van der Waals surface area (Å²) in [6, 6.07) is 16.2. The summed E-state index contributed by atoms with van der Waals surface area (Å²) in [5.74, 6) is -0.932. The fourth-order valence-electron chi connectivity index (χ4n) is 9.23. The van der Waals surface area contributed by atoms with E-state index in [1.807, 2.05) is 48.5 Å². The smallest absolute Gasteiger partial charge is 0.274 e. The monoisotopic (exact) mass is 1160 g/mol. The first kappa shape index (κ1) is 66.5. The van der Waals surface area contributed by atoms with Crippen molar-refractivity contribution in [2.24, 2.45) is 0 Å². The molecule has 2 unspecified atom stereocenters. The number of nitrogen functional groups attached to an aromatic ring is 4. The fourth-order valence-corrected chi connectivity index (χ4v) is 9.49. The first-order chi connectivity index (χ1) is 38.1. The molecule has 0 saturated heterocycles. The van der Waals surface area contributed by atoms with Gasteiger partial charge in [0.15, 0.2) is 56.9 Å². The number of aliphatic hydroxyl groups excluding tert-OH is 2. The number of ketones is 2. The highest BCUT2D eigenvalue weighted by Crippen LogP contribution is 2.25. The number of ether oxygens (including phenoxy) is 4. The van der Waals surface area contributed by atoms with Crippen molar-refractivity contribution >= 4 is 69.9 Å². The van der Waals surface area contributed by atoms with Crippen molar-refractivity contribution in [2.45, 2.75) is 115 Å². The third-order valence-electron chi connectivity index (χ3n) is 14.1. The number of hydrogen-bond donors (Lipinski definition) is 8. The zero-order valence-electron chi connectivity index (χ0n) is 47.4. The Hall–Kier alpha value is -5.98. The lowest BCUT2D eigenvalue weighted by atomic mass is 9.99. The molecule has 442 valence electrons. The van der Waals surface area contributed by atoms with Crippen molar-refractivity contribution in [3.8, 4) is 11.5 Å². The molecule has 0 bridgehead atoms. The molecule has 4 aromatic rings. The minimum Gasteiger partial charge on any atom is -0.491 e. The summed E-state index contributed by atoms with van der Waals surface area (Å²) in [5.41, 5.74) is 25.5. The molecule has 0 radical (unpaired) electrons. The Balaban J connectivity index is 1.01. The van der Waals surface area contributed by atoms with E-state index in [2.05, 4.69) is 72.6 Å². The lowest BCUT2D eigenvalue weighted by Gasteiger charge is -2.38. The molecule has 2 heterocycles. The number of aliphatic hydroxyl groups is 2. The lowest BCUT2D eigenvalue weighted by molar-refractivity contribution is -0.916. The number of nitrogens with one attached hydrogen (secondary N) is 2. The van der Waals surface area contributed by atoms with Gasteiger partial charge in [0.05, 0.1) is 73.7 Å². The molecule has 0 fully saturated rings. The van der Waals surface area contributed by atoms with Gasteiger partial charge in [0.1, 0.15) is 42.6 Å². The molecule has 2 aromatic carbocycles. The molecule has 12 N–H and O–H groups in total. The first-order valence-electron chi connectivity index (χ1n) is 27.5. The summed E-state index contributed by atoms with van der Waals surface area (Å²) < 4.78 is 24.3. The number of anilines is 4. The van der Waals surface area contributed by atoms with Crippen LogP contribution in [0.5, 0.6) is 11.5 Å². The van der Waals surface area contributed by atoms with E-state index in [1.165, 1.54) is 11.1 Å². The van der Waals surface area contributed by atoms with Crippen LogP contribution in [0, 0.1) is 0 Å². The number of aryl methyl sites for hydroxylation is 2. The van der Waals surface area contributed by atoms with Gasteiger partial charge in [-0.1, -0.05) is 74.2 Å². The van der Waals surface area contributed by atoms with Crippen LogP contribution in [0.3, 0.4) is 0 Å². The second-order valence-corrected chi connectivity index (χ2v) is 21.7. The highest BCUT2D eigenvalue weighted by atomic mass is 35.5. The maximum atomic E-state index is 13.0. The number of nitrogens with zero attached hydrogens (tertiary/aromatic N) is 6. The predicted octanol–water partition coefficient (Wildman–Crippen LogP) is 5.03. The second-order valence-electron chi connectivity index (χ2n) is 21.0. The van der Waals surface area contributed by atoms with Gasteiger partial charge >= 0.3 is 0 Å². The van der Waals surface area contributed by atoms with E-state index >= 15 is 0 Å². The molecule has 0 saturated carbocycles. The van der Waals surface area contributed by atoms with E-state index in [0.717, 1.165) is 68.9 Å². The van der Waals surface area contributed by atoms with Crippen LogP contribution in [0.2, 0.25) is 10.3 Å². The molecule has 0 aliphatic carbocycles. The molecule has 4 rings (SSSR count). The van der Waals surface area contributed by atoms with Crippen molar-refractivity contribution in [3.05, 3.63) is 81.4 Å². The van der Waals surface area contributed by atoms with E-state index in [0.29, 0.717) is 35.6 Å². The zero-order chi connectivity index (χ0) is 58.8. The number of quaternary nitrogens is 2. The topological polar surface area (TPSA) is 325 Å².